The topological polar surface area (TPSA) is 66.4 Å². The van der Waals surface area contributed by atoms with Gasteiger partial charge >= 0.3 is 5.97 Å². The van der Waals surface area contributed by atoms with Crippen LogP contribution in [0.25, 0.3) is 0 Å². The quantitative estimate of drug-likeness (QED) is 0.887. The van der Waals surface area contributed by atoms with Crippen molar-refractivity contribution in [2.75, 3.05) is 5.32 Å². The van der Waals surface area contributed by atoms with Gasteiger partial charge in [-0.2, -0.15) is 0 Å². The molecule has 0 atom stereocenters. The number of rotatable bonds is 3. The number of nitrogens with one attached hydrogen (secondary N) is 1. The molecule has 0 heterocycles. The third-order valence-corrected chi connectivity index (χ3v) is 3.21. The van der Waals surface area contributed by atoms with Gasteiger partial charge in [-0.1, -0.05) is 34.8 Å². The highest BCUT2D eigenvalue weighted by Gasteiger charge is 2.14. The van der Waals surface area contributed by atoms with Crippen molar-refractivity contribution in [3.05, 3.63) is 63.1 Å². The first-order valence-electron chi connectivity index (χ1n) is 5.98. The number of aryl methyl sites for hydroxylation is 1. The predicted octanol–water partition coefficient (Wildman–Crippen LogP) is 4.25. The number of aromatic carboxylic acids is 1. The summed E-state index contributed by atoms with van der Waals surface area (Å²) in [6, 6.07) is 9.17. The third-order valence-electron chi connectivity index (χ3n) is 2.78. The largest absolute Gasteiger partial charge is 0.478 e. The monoisotopic (exact) mass is 323 g/mol. The lowest BCUT2D eigenvalue weighted by Crippen LogP contribution is -2.15. The van der Waals surface area contributed by atoms with E-state index in [1.165, 1.54) is 24.3 Å². The molecule has 0 aromatic heterocycles. The lowest BCUT2D eigenvalue weighted by atomic mass is 10.1. The summed E-state index contributed by atoms with van der Waals surface area (Å²) >= 11 is 11.7. The number of carboxylic acids is 1. The van der Waals surface area contributed by atoms with Crippen LogP contribution in [0, 0.1) is 6.92 Å². The summed E-state index contributed by atoms with van der Waals surface area (Å²) in [7, 11) is 0. The predicted molar refractivity (Wildman–Crippen MR) is 82.6 cm³/mol. The molecule has 6 heteroatoms. The molecule has 0 saturated heterocycles. The van der Waals surface area contributed by atoms with Gasteiger partial charge in [0.2, 0.25) is 0 Å². The Labute approximate surface area is 131 Å². The minimum atomic E-state index is -1.11. The van der Waals surface area contributed by atoms with Crippen molar-refractivity contribution >= 4 is 40.8 Å². The molecular weight excluding hydrogens is 313 g/mol. The van der Waals surface area contributed by atoms with Gasteiger partial charge in [0.1, 0.15) is 0 Å². The second kappa shape index (κ2) is 6.16. The zero-order valence-electron chi connectivity index (χ0n) is 11.0. The van der Waals surface area contributed by atoms with E-state index in [-0.39, 0.29) is 16.8 Å². The second-order valence-corrected chi connectivity index (χ2v) is 5.34. The molecule has 0 aliphatic rings. The van der Waals surface area contributed by atoms with Crippen molar-refractivity contribution < 1.29 is 14.7 Å². The zero-order chi connectivity index (χ0) is 15.6. The normalized spacial score (nSPS) is 10.2. The van der Waals surface area contributed by atoms with Crippen LogP contribution in [-0.4, -0.2) is 17.0 Å². The summed E-state index contributed by atoms with van der Waals surface area (Å²) in [4.78, 5) is 23.4. The van der Waals surface area contributed by atoms with Gasteiger partial charge in [0.15, 0.2) is 0 Å². The maximum atomic E-state index is 12.2. The fourth-order valence-electron chi connectivity index (χ4n) is 1.82. The van der Waals surface area contributed by atoms with Gasteiger partial charge in [0.25, 0.3) is 5.91 Å². The number of carbonyl (C=O) groups is 2. The molecule has 0 saturated carbocycles. The minimum absolute atomic E-state index is 0.0245. The fraction of sp³-hybridized carbons (Fsp3) is 0.0667. The number of anilines is 1. The van der Waals surface area contributed by atoms with E-state index in [2.05, 4.69) is 5.32 Å². The van der Waals surface area contributed by atoms with Crippen LogP contribution >= 0.6 is 23.2 Å². The Hall–Kier alpha value is -2.04. The van der Waals surface area contributed by atoms with Gasteiger partial charge in [-0.15, -0.1) is 0 Å². The Morgan fingerprint density at radius 3 is 2.24 bits per heavy atom. The molecule has 2 aromatic rings. The average Bonchev–Trinajstić information content (AvgIpc) is 2.39. The van der Waals surface area contributed by atoms with Crippen LogP contribution in [0.3, 0.4) is 0 Å². The number of amides is 1. The van der Waals surface area contributed by atoms with Gasteiger partial charge in [0.05, 0.1) is 11.3 Å². The lowest BCUT2D eigenvalue weighted by molar-refractivity contribution is 0.0698. The number of hydrogen-bond acceptors (Lipinski definition) is 2. The Morgan fingerprint density at radius 2 is 1.67 bits per heavy atom. The van der Waals surface area contributed by atoms with Crippen molar-refractivity contribution in [1.29, 1.82) is 0 Å². The molecular formula is C15H11Cl2NO3. The number of benzene rings is 2. The molecule has 0 aliphatic heterocycles. The van der Waals surface area contributed by atoms with E-state index in [1.54, 1.807) is 19.1 Å². The zero-order valence-corrected chi connectivity index (χ0v) is 12.5. The summed E-state index contributed by atoms with van der Waals surface area (Å²) in [5.41, 5.74) is 1.28. The van der Waals surface area contributed by atoms with Crippen LogP contribution in [0.15, 0.2) is 36.4 Å². The summed E-state index contributed by atoms with van der Waals surface area (Å²) in [6.45, 7) is 1.77. The van der Waals surface area contributed by atoms with Crippen molar-refractivity contribution in [3.8, 4) is 0 Å². The second-order valence-electron chi connectivity index (χ2n) is 4.47. The maximum Gasteiger partial charge on any atom is 0.337 e. The van der Waals surface area contributed by atoms with Gasteiger partial charge in [-0.25, -0.2) is 4.79 Å². The van der Waals surface area contributed by atoms with E-state index in [0.717, 1.165) is 5.56 Å². The van der Waals surface area contributed by atoms with Crippen LogP contribution in [0.5, 0.6) is 0 Å². The highest BCUT2D eigenvalue weighted by molar-refractivity contribution is 6.35. The molecule has 108 valence electrons. The Morgan fingerprint density at radius 1 is 1.05 bits per heavy atom. The van der Waals surface area contributed by atoms with Crippen molar-refractivity contribution in [3.63, 3.8) is 0 Å². The third kappa shape index (κ3) is 3.74. The highest BCUT2D eigenvalue weighted by atomic mass is 35.5. The first kappa shape index (κ1) is 15.4. The van der Waals surface area contributed by atoms with E-state index < -0.39 is 11.9 Å². The van der Waals surface area contributed by atoms with Crippen molar-refractivity contribution in [2.24, 2.45) is 0 Å². The molecule has 0 bridgehead atoms. The molecule has 0 spiro atoms. The molecule has 2 rings (SSSR count). The number of carboxylic acid groups (broad SMARTS) is 1. The number of halogens is 2. The van der Waals surface area contributed by atoms with Crippen molar-refractivity contribution in [1.82, 2.24) is 0 Å². The van der Waals surface area contributed by atoms with Crippen LogP contribution in [0.2, 0.25) is 10.0 Å². The molecule has 0 unspecified atom stereocenters. The standard InChI is InChI=1S/C15H11Cl2NO3/c1-8-2-3-13(12(4-8)15(20)21)18-14(19)9-5-10(16)7-11(17)6-9/h2-7H,1H3,(H,18,19)(H,20,21). The van der Waals surface area contributed by atoms with E-state index in [1.807, 2.05) is 0 Å². The molecule has 2 aromatic carbocycles. The van der Waals surface area contributed by atoms with Gasteiger partial charge in [0, 0.05) is 15.6 Å². The minimum Gasteiger partial charge on any atom is -0.478 e. The molecule has 0 radical (unpaired) electrons. The summed E-state index contributed by atoms with van der Waals surface area (Å²) < 4.78 is 0. The van der Waals surface area contributed by atoms with E-state index in [9.17, 15) is 9.59 Å². The number of hydrogen-bond donors (Lipinski definition) is 2. The molecule has 4 nitrogen and oxygen atoms in total. The Kier molecular flexibility index (Phi) is 4.50. The summed E-state index contributed by atoms with van der Waals surface area (Å²) in [5.74, 6) is -1.59. The van der Waals surface area contributed by atoms with Crippen LogP contribution in [-0.2, 0) is 0 Å². The van der Waals surface area contributed by atoms with Gasteiger partial charge in [-0.05, 0) is 37.3 Å². The molecule has 2 N–H and O–H groups in total. The SMILES string of the molecule is Cc1ccc(NC(=O)c2cc(Cl)cc(Cl)c2)c(C(=O)O)c1. The van der Waals surface area contributed by atoms with Crippen LogP contribution < -0.4 is 5.32 Å². The first-order valence-corrected chi connectivity index (χ1v) is 6.74. The summed E-state index contributed by atoms with van der Waals surface area (Å²) in [6.07, 6.45) is 0. The van der Waals surface area contributed by atoms with E-state index >= 15 is 0 Å². The molecule has 0 fully saturated rings. The van der Waals surface area contributed by atoms with E-state index in [4.69, 9.17) is 28.3 Å². The Bertz CT molecular complexity index is 709. The fourth-order valence-corrected chi connectivity index (χ4v) is 2.35. The molecule has 1 amide bonds. The highest BCUT2D eigenvalue weighted by Crippen LogP contribution is 2.22. The molecule has 21 heavy (non-hydrogen) atoms. The Balaban J connectivity index is 2.33. The number of carbonyl (C=O) groups excluding carboxylic acids is 1. The van der Waals surface area contributed by atoms with Crippen LogP contribution in [0.1, 0.15) is 26.3 Å². The smallest absolute Gasteiger partial charge is 0.337 e. The van der Waals surface area contributed by atoms with Crippen molar-refractivity contribution in [2.45, 2.75) is 6.92 Å². The van der Waals surface area contributed by atoms with Crippen LogP contribution in [0.4, 0.5) is 5.69 Å². The lowest BCUT2D eigenvalue weighted by Gasteiger charge is -2.10. The maximum absolute atomic E-state index is 12.2. The van der Waals surface area contributed by atoms with E-state index in [0.29, 0.717) is 10.0 Å². The van der Waals surface area contributed by atoms with Gasteiger partial charge in [-0.3, -0.25) is 4.79 Å². The average molecular weight is 324 g/mol. The first-order chi connectivity index (χ1) is 9.86. The van der Waals surface area contributed by atoms with Gasteiger partial charge < -0.3 is 10.4 Å². The summed E-state index contributed by atoms with van der Waals surface area (Å²) in [5, 5.41) is 12.4. The molecule has 0 aliphatic carbocycles.